The Bertz CT molecular complexity index is 1000. The van der Waals surface area contributed by atoms with Crippen molar-refractivity contribution in [3.05, 3.63) is 72.3 Å². The first-order valence-electron chi connectivity index (χ1n) is 10.6. The van der Waals surface area contributed by atoms with Crippen LogP contribution in [0.25, 0.3) is 11.3 Å². The van der Waals surface area contributed by atoms with Gasteiger partial charge in [0.15, 0.2) is 0 Å². The molecule has 1 saturated heterocycles. The number of nitrogens with one attached hydrogen (secondary N) is 2. The highest BCUT2D eigenvalue weighted by molar-refractivity contribution is 5.94. The first kappa shape index (κ1) is 20.9. The second-order valence-electron chi connectivity index (χ2n) is 7.66. The van der Waals surface area contributed by atoms with Crippen molar-refractivity contribution in [3.63, 3.8) is 0 Å². The molecule has 0 aliphatic carbocycles. The van der Waals surface area contributed by atoms with Gasteiger partial charge < -0.3 is 15.5 Å². The summed E-state index contributed by atoms with van der Waals surface area (Å²) in [5.41, 5.74) is 2.95. The van der Waals surface area contributed by atoms with Gasteiger partial charge in [0.25, 0.3) is 5.91 Å². The fourth-order valence-electron chi connectivity index (χ4n) is 3.67. The van der Waals surface area contributed by atoms with Crippen molar-refractivity contribution in [2.45, 2.75) is 19.3 Å². The summed E-state index contributed by atoms with van der Waals surface area (Å²) in [6, 6.07) is 15.2. The maximum absolute atomic E-state index is 13.1. The molecule has 160 valence electrons. The predicted octanol–water partition coefficient (Wildman–Crippen LogP) is 4.24. The first-order chi connectivity index (χ1) is 15.2. The van der Waals surface area contributed by atoms with Crippen LogP contribution in [0.15, 0.2) is 60.9 Å². The quantitative estimate of drug-likeness (QED) is 0.535. The summed E-state index contributed by atoms with van der Waals surface area (Å²) in [7, 11) is 0. The second-order valence-corrected chi connectivity index (χ2v) is 7.66. The molecule has 0 spiro atoms. The summed E-state index contributed by atoms with van der Waals surface area (Å²) < 4.78 is 13.1. The molecule has 0 unspecified atom stereocenters. The lowest BCUT2D eigenvalue weighted by molar-refractivity contribution is 0.0952. The van der Waals surface area contributed by atoms with Crippen molar-refractivity contribution in [1.82, 2.24) is 20.2 Å². The molecule has 0 radical (unpaired) electrons. The molecular formula is C24H26FN5O. The van der Waals surface area contributed by atoms with Gasteiger partial charge in [-0.15, -0.1) is 0 Å². The molecule has 0 bridgehead atoms. The third-order valence-electron chi connectivity index (χ3n) is 5.36. The summed E-state index contributed by atoms with van der Waals surface area (Å²) in [5, 5.41) is 6.20. The SMILES string of the molecule is O=C(NCCCN1CCCC1)c1ccc(Nc2cc(-c3ccc(F)cc3)ncn2)cc1. The Morgan fingerprint density at radius 2 is 1.74 bits per heavy atom. The fourth-order valence-corrected chi connectivity index (χ4v) is 3.67. The molecule has 2 N–H and O–H groups in total. The van der Waals surface area contributed by atoms with E-state index in [-0.39, 0.29) is 11.7 Å². The van der Waals surface area contributed by atoms with Crippen LogP contribution in [0.1, 0.15) is 29.6 Å². The minimum atomic E-state index is -0.285. The number of hydrogen-bond donors (Lipinski definition) is 2. The predicted molar refractivity (Wildman–Crippen MR) is 120 cm³/mol. The molecule has 3 aromatic rings. The lowest BCUT2D eigenvalue weighted by atomic mass is 10.1. The van der Waals surface area contributed by atoms with Crippen molar-refractivity contribution in [3.8, 4) is 11.3 Å². The summed E-state index contributed by atoms with van der Waals surface area (Å²) in [5.74, 6) is 0.272. The van der Waals surface area contributed by atoms with Crippen molar-refractivity contribution in [1.29, 1.82) is 0 Å². The zero-order valence-electron chi connectivity index (χ0n) is 17.4. The van der Waals surface area contributed by atoms with Gasteiger partial charge >= 0.3 is 0 Å². The third kappa shape index (κ3) is 5.86. The van der Waals surface area contributed by atoms with E-state index in [1.165, 1.54) is 44.4 Å². The lowest BCUT2D eigenvalue weighted by Crippen LogP contribution is -2.28. The average molecular weight is 420 g/mol. The van der Waals surface area contributed by atoms with E-state index in [4.69, 9.17) is 0 Å². The van der Waals surface area contributed by atoms with Crippen LogP contribution in [0.2, 0.25) is 0 Å². The molecule has 0 atom stereocenters. The van der Waals surface area contributed by atoms with Gasteiger partial charge in [0.2, 0.25) is 0 Å². The van der Waals surface area contributed by atoms with Crippen LogP contribution < -0.4 is 10.6 Å². The largest absolute Gasteiger partial charge is 0.352 e. The molecule has 1 aliphatic heterocycles. The Hall–Kier alpha value is -3.32. The van der Waals surface area contributed by atoms with Gasteiger partial charge in [-0.3, -0.25) is 4.79 Å². The Kier molecular flexibility index (Phi) is 6.84. The van der Waals surface area contributed by atoms with Crippen molar-refractivity contribution in [2.75, 3.05) is 31.5 Å². The van der Waals surface area contributed by atoms with E-state index in [0.29, 0.717) is 23.6 Å². The van der Waals surface area contributed by atoms with Gasteiger partial charge in [-0.25, -0.2) is 14.4 Å². The number of nitrogens with zero attached hydrogens (tertiary/aromatic N) is 3. The molecule has 2 heterocycles. The normalized spacial score (nSPS) is 13.8. The Morgan fingerprint density at radius 1 is 1.00 bits per heavy atom. The van der Waals surface area contributed by atoms with E-state index < -0.39 is 0 Å². The first-order valence-corrected chi connectivity index (χ1v) is 10.6. The Balaban J connectivity index is 1.30. The van der Waals surface area contributed by atoms with E-state index in [1.807, 2.05) is 12.1 Å². The minimum absolute atomic E-state index is 0.0615. The number of benzene rings is 2. The highest BCUT2D eigenvalue weighted by atomic mass is 19.1. The fraction of sp³-hybridized carbons (Fsp3) is 0.292. The lowest BCUT2D eigenvalue weighted by Gasteiger charge is -2.14. The molecular weight excluding hydrogens is 393 g/mol. The summed E-state index contributed by atoms with van der Waals surface area (Å²) in [6.45, 7) is 4.09. The van der Waals surface area contributed by atoms with Crippen molar-refractivity contribution in [2.24, 2.45) is 0 Å². The van der Waals surface area contributed by atoms with Crippen LogP contribution in [0.5, 0.6) is 0 Å². The molecule has 2 aromatic carbocycles. The monoisotopic (exact) mass is 419 g/mol. The zero-order chi connectivity index (χ0) is 21.5. The van der Waals surface area contributed by atoms with Crippen LogP contribution in [0, 0.1) is 5.82 Å². The number of halogens is 1. The summed E-state index contributed by atoms with van der Waals surface area (Å²) in [6.07, 6.45) is 5.01. The topological polar surface area (TPSA) is 70.2 Å². The van der Waals surface area contributed by atoms with Crippen molar-refractivity contribution < 1.29 is 9.18 Å². The number of anilines is 2. The molecule has 7 heteroatoms. The van der Waals surface area contributed by atoms with Gasteiger partial charge in [0.1, 0.15) is 18.0 Å². The van der Waals surface area contributed by atoms with E-state index in [9.17, 15) is 9.18 Å². The van der Waals surface area contributed by atoms with E-state index >= 15 is 0 Å². The molecule has 1 amide bonds. The van der Waals surface area contributed by atoms with Gasteiger partial charge in [-0.2, -0.15) is 0 Å². The molecule has 1 fully saturated rings. The molecule has 0 saturated carbocycles. The van der Waals surface area contributed by atoms with Crippen LogP contribution in [0.4, 0.5) is 15.9 Å². The number of aromatic nitrogens is 2. The standard InChI is InChI=1S/C24H26FN5O/c25-20-8-4-18(5-9-20)22-16-23(28-17-27-22)29-21-10-6-19(7-11-21)24(31)26-12-3-15-30-13-1-2-14-30/h4-11,16-17H,1-3,12-15H2,(H,26,31)(H,27,28,29). The van der Waals surface area contributed by atoms with Crippen LogP contribution in [0.3, 0.4) is 0 Å². The molecule has 6 nitrogen and oxygen atoms in total. The van der Waals surface area contributed by atoms with Gasteiger partial charge in [0, 0.05) is 29.4 Å². The second kappa shape index (κ2) is 10.1. The Morgan fingerprint density at radius 3 is 2.48 bits per heavy atom. The molecule has 31 heavy (non-hydrogen) atoms. The number of likely N-dealkylation sites (tertiary alicyclic amines) is 1. The smallest absolute Gasteiger partial charge is 0.251 e. The molecule has 4 rings (SSSR count). The van der Waals surface area contributed by atoms with E-state index in [1.54, 1.807) is 30.3 Å². The number of carbonyl (C=O) groups is 1. The van der Waals surface area contributed by atoms with E-state index in [0.717, 1.165) is 24.2 Å². The highest BCUT2D eigenvalue weighted by Gasteiger charge is 2.11. The number of rotatable bonds is 8. The molecule has 1 aliphatic rings. The maximum Gasteiger partial charge on any atom is 0.251 e. The summed E-state index contributed by atoms with van der Waals surface area (Å²) in [4.78, 5) is 23.3. The van der Waals surface area contributed by atoms with Gasteiger partial charge in [-0.05, 0) is 87.4 Å². The summed E-state index contributed by atoms with van der Waals surface area (Å²) >= 11 is 0. The van der Waals surface area contributed by atoms with Crippen LogP contribution >= 0.6 is 0 Å². The number of amides is 1. The third-order valence-corrected chi connectivity index (χ3v) is 5.36. The Labute approximate surface area is 181 Å². The van der Waals surface area contributed by atoms with Crippen LogP contribution in [-0.2, 0) is 0 Å². The minimum Gasteiger partial charge on any atom is -0.352 e. The molecule has 1 aromatic heterocycles. The number of carbonyl (C=O) groups excluding carboxylic acids is 1. The van der Waals surface area contributed by atoms with Crippen LogP contribution in [-0.4, -0.2) is 47.0 Å². The van der Waals surface area contributed by atoms with E-state index in [2.05, 4.69) is 25.5 Å². The van der Waals surface area contributed by atoms with Crippen molar-refractivity contribution >= 4 is 17.4 Å². The van der Waals surface area contributed by atoms with Gasteiger partial charge in [0.05, 0.1) is 5.69 Å². The maximum atomic E-state index is 13.1. The zero-order valence-corrected chi connectivity index (χ0v) is 17.4. The average Bonchev–Trinajstić information content (AvgIpc) is 3.31. The highest BCUT2D eigenvalue weighted by Crippen LogP contribution is 2.21. The number of hydrogen-bond acceptors (Lipinski definition) is 5. The van der Waals surface area contributed by atoms with Gasteiger partial charge in [-0.1, -0.05) is 0 Å².